The van der Waals surface area contributed by atoms with E-state index >= 15 is 0 Å². The molecule has 0 aliphatic carbocycles. The minimum absolute atomic E-state index is 0.0171. The summed E-state index contributed by atoms with van der Waals surface area (Å²) in [5, 5.41) is 0. The summed E-state index contributed by atoms with van der Waals surface area (Å²) in [4.78, 5) is 4.33. The highest BCUT2D eigenvalue weighted by atomic mass is 32.2. The van der Waals surface area contributed by atoms with Crippen LogP contribution < -0.4 is 4.74 Å². The highest BCUT2D eigenvalue weighted by molar-refractivity contribution is 7.91. The number of ether oxygens (including phenoxy) is 1. The van der Waals surface area contributed by atoms with Crippen LogP contribution in [0.3, 0.4) is 0 Å². The van der Waals surface area contributed by atoms with Gasteiger partial charge in [-0.3, -0.25) is 4.98 Å². The lowest BCUT2D eigenvalue weighted by Gasteiger charge is -2.12. The quantitative estimate of drug-likeness (QED) is 0.808. The molecular weight excluding hydrogens is 326 g/mol. The van der Waals surface area contributed by atoms with Crippen molar-refractivity contribution in [3.05, 3.63) is 30.6 Å². The molecule has 0 aromatic carbocycles. The zero-order chi connectivity index (χ0) is 17.3. The molecule has 126 valence electrons. The van der Waals surface area contributed by atoms with Gasteiger partial charge in [-0.1, -0.05) is 6.92 Å². The van der Waals surface area contributed by atoms with Crippen molar-refractivity contribution in [2.45, 2.75) is 24.7 Å². The van der Waals surface area contributed by atoms with Crippen LogP contribution in [-0.2, 0) is 16.9 Å². The number of sulfone groups is 1. The first kappa shape index (κ1) is 17.4. The molecule has 0 saturated heterocycles. The Hall–Kier alpha value is -1.96. The van der Waals surface area contributed by atoms with Crippen molar-refractivity contribution in [1.82, 2.24) is 9.55 Å². The van der Waals surface area contributed by atoms with Crippen LogP contribution in [-0.4, -0.2) is 36.3 Å². The summed E-state index contributed by atoms with van der Waals surface area (Å²) in [7, 11) is -1.67. The zero-order valence-electron chi connectivity index (χ0n) is 13.1. The molecule has 0 amide bonds. The number of hydrogen-bond donors (Lipinski definition) is 0. The molecule has 23 heavy (non-hydrogen) atoms. The molecule has 0 unspecified atom stereocenters. The number of rotatable bonds is 6. The van der Waals surface area contributed by atoms with E-state index in [2.05, 4.69) is 4.98 Å². The van der Waals surface area contributed by atoms with E-state index in [1.54, 1.807) is 30.8 Å². The minimum Gasteiger partial charge on any atom is -0.486 e. The fourth-order valence-electron chi connectivity index (χ4n) is 2.04. The van der Waals surface area contributed by atoms with Gasteiger partial charge >= 0.3 is 0 Å². The van der Waals surface area contributed by atoms with Gasteiger partial charge in [0.2, 0.25) is 0 Å². The van der Waals surface area contributed by atoms with Crippen LogP contribution in [0.15, 0.2) is 35.5 Å². The Balaban J connectivity index is 2.32. The van der Waals surface area contributed by atoms with Crippen molar-refractivity contribution >= 4 is 9.84 Å². The Morgan fingerprint density at radius 1 is 1.30 bits per heavy atom. The molecule has 2 rings (SSSR count). The van der Waals surface area contributed by atoms with E-state index in [9.17, 15) is 17.2 Å². The summed E-state index contributed by atoms with van der Waals surface area (Å²) < 4.78 is 56.4. The first-order chi connectivity index (χ1) is 10.6. The first-order valence-corrected chi connectivity index (χ1v) is 8.64. The summed E-state index contributed by atoms with van der Waals surface area (Å²) in [6.07, 6.45) is 2.94. The Kier molecular flexibility index (Phi) is 4.74. The standard InChI is InChI=1S/C15H18F2N2O3S/c1-4-23(20,21)13-7-8-19(3)14(13)12-6-5-11(9-18-12)22-10-15(2,16)17/h5-9H,4,10H2,1-3H3. The second-order valence-electron chi connectivity index (χ2n) is 5.28. The second-order valence-corrected chi connectivity index (χ2v) is 7.53. The SMILES string of the molecule is CCS(=O)(=O)c1ccn(C)c1-c1ccc(OCC(C)(F)F)cn1. The maximum absolute atomic E-state index is 12.8. The Labute approximate surface area is 133 Å². The minimum atomic E-state index is -3.39. The van der Waals surface area contributed by atoms with Crippen molar-refractivity contribution in [1.29, 1.82) is 0 Å². The summed E-state index contributed by atoms with van der Waals surface area (Å²) in [6.45, 7) is 1.59. The van der Waals surface area contributed by atoms with Gasteiger partial charge in [0.05, 0.1) is 28.2 Å². The van der Waals surface area contributed by atoms with E-state index in [0.717, 1.165) is 6.92 Å². The molecule has 2 aromatic rings. The molecule has 0 bridgehead atoms. The summed E-state index contributed by atoms with van der Waals surface area (Å²) in [5.41, 5.74) is 0.888. The van der Waals surface area contributed by atoms with Crippen LogP contribution in [0.4, 0.5) is 8.78 Å². The van der Waals surface area contributed by atoms with Gasteiger partial charge in [-0.25, -0.2) is 17.2 Å². The molecule has 2 aromatic heterocycles. The van der Waals surface area contributed by atoms with Gasteiger partial charge in [-0.2, -0.15) is 0 Å². The Bertz CT molecular complexity index is 778. The summed E-state index contributed by atoms with van der Waals surface area (Å²) in [6, 6.07) is 4.56. The zero-order valence-corrected chi connectivity index (χ0v) is 13.9. The summed E-state index contributed by atoms with van der Waals surface area (Å²) in [5.74, 6) is -2.75. The lowest BCUT2D eigenvalue weighted by atomic mass is 10.2. The number of nitrogens with zero attached hydrogens (tertiary/aromatic N) is 2. The van der Waals surface area contributed by atoms with Crippen molar-refractivity contribution in [3.8, 4) is 17.1 Å². The number of aryl methyl sites for hydroxylation is 1. The topological polar surface area (TPSA) is 61.2 Å². The molecule has 0 spiro atoms. The molecule has 0 fully saturated rings. The van der Waals surface area contributed by atoms with E-state index in [4.69, 9.17) is 4.74 Å². The molecule has 2 heterocycles. The molecular formula is C15H18F2N2O3S. The third kappa shape index (κ3) is 4.07. The van der Waals surface area contributed by atoms with Crippen LogP contribution >= 0.6 is 0 Å². The Morgan fingerprint density at radius 3 is 2.52 bits per heavy atom. The molecule has 0 radical (unpaired) electrons. The number of alkyl halides is 2. The van der Waals surface area contributed by atoms with Gasteiger partial charge in [0.25, 0.3) is 5.92 Å². The van der Waals surface area contributed by atoms with Crippen molar-refractivity contribution in [2.24, 2.45) is 7.05 Å². The largest absolute Gasteiger partial charge is 0.486 e. The van der Waals surface area contributed by atoms with Gasteiger partial charge < -0.3 is 9.30 Å². The highest BCUT2D eigenvalue weighted by Crippen LogP contribution is 2.28. The van der Waals surface area contributed by atoms with E-state index in [1.165, 1.54) is 18.3 Å². The lowest BCUT2D eigenvalue weighted by Crippen LogP contribution is -2.20. The second kappa shape index (κ2) is 6.27. The third-order valence-electron chi connectivity index (χ3n) is 3.22. The number of aromatic nitrogens is 2. The number of pyridine rings is 1. The normalized spacial score (nSPS) is 12.4. The van der Waals surface area contributed by atoms with E-state index in [-0.39, 0.29) is 16.4 Å². The van der Waals surface area contributed by atoms with Gasteiger partial charge in [0.15, 0.2) is 16.4 Å². The molecule has 0 aliphatic rings. The van der Waals surface area contributed by atoms with Crippen LogP contribution in [0, 0.1) is 0 Å². The van der Waals surface area contributed by atoms with Crippen molar-refractivity contribution < 1.29 is 21.9 Å². The molecule has 0 saturated carbocycles. The fourth-order valence-corrected chi connectivity index (χ4v) is 3.16. The average molecular weight is 344 g/mol. The van der Waals surface area contributed by atoms with Crippen molar-refractivity contribution in [3.63, 3.8) is 0 Å². The predicted molar refractivity (Wildman–Crippen MR) is 82.5 cm³/mol. The van der Waals surface area contributed by atoms with Crippen LogP contribution in [0.2, 0.25) is 0 Å². The van der Waals surface area contributed by atoms with Gasteiger partial charge in [0, 0.05) is 20.2 Å². The summed E-state index contributed by atoms with van der Waals surface area (Å²) >= 11 is 0. The maximum atomic E-state index is 12.8. The maximum Gasteiger partial charge on any atom is 0.278 e. The van der Waals surface area contributed by atoms with E-state index in [1.807, 2.05) is 0 Å². The molecule has 5 nitrogen and oxygen atoms in total. The van der Waals surface area contributed by atoms with Gasteiger partial charge in [-0.05, 0) is 18.2 Å². The number of hydrogen-bond acceptors (Lipinski definition) is 4. The van der Waals surface area contributed by atoms with Crippen LogP contribution in [0.1, 0.15) is 13.8 Å². The smallest absolute Gasteiger partial charge is 0.278 e. The predicted octanol–water partition coefficient (Wildman–Crippen LogP) is 2.91. The van der Waals surface area contributed by atoms with Crippen LogP contribution in [0.5, 0.6) is 5.75 Å². The van der Waals surface area contributed by atoms with Gasteiger partial charge in [0.1, 0.15) is 5.75 Å². The molecule has 0 atom stereocenters. The van der Waals surface area contributed by atoms with Crippen molar-refractivity contribution in [2.75, 3.05) is 12.4 Å². The monoisotopic (exact) mass is 344 g/mol. The Morgan fingerprint density at radius 2 is 2.00 bits per heavy atom. The first-order valence-electron chi connectivity index (χ1n) is 6.99. The third-order valence-corrected chi connectivity index (χ3v) is 4.98. The van der Waals surface area contributed by atoms with E-state index in [0.29, 0.717) is 11.4 Å². The fraction of sp³-hybridized carbons (Fsp3) is 0.400. The van der Waals surface area contributed by atoms with Gasteiger partial charge in [-0.15, -0.1) is 0 Å². The highest BCUT2D eigenvalue weighted by Gasteiger charge is 2.23. The molecule has 8 heteroatoms. The van der Waals surface area contributed by atoms with Crippen LogP contribution in [0.25, 0.3) is 11.4 Å². The molecule has 0 aliphatic heterocycles. The number of halogens is 2. The average Bonchev–Trinajstić information content (AvgIpc) is 2.87. The lowest BCUT2D eigenvalue weighted by molar-refractivity contribution is -0.0230. The van der Waals surface area contributed by atoms with E-state index < -0.39 is 22.4 Å². The molecule has 0 N–H and O–H groups in total.